The minimum Gasteiger partial charge on any atom is -0.0619 e. The zero-order chi connectivity index (χ0) is 34.6. The highest BCUT2D eigenvalue weighted by molar-refractivity contribution is 6.21. The first-order valence-electron chi connectivity index (χ1n) is 18.5. The van der Waals surface area contributed by atoms with Gasteiger partial charge in [-0.15, -0.1) is 0 Å². The van der Waals surface area contributed by atoms with Crippen LogP contribution >= 0.6 is 0 Å². The minimum atomic E-state index is -0.0893. The van der Waals surface area contributed by atoms with E-state index in [4.69, 9.17) is 0 Å². The summed E-state index contributed by atoms with van der Waals surface area (Å²) in [5.74, 6) is 0. The summed E-state index contributed by atoms with van der Waals surface area (Å²) in [4.78, 5) is 0. The summed E-state index contributed by atoms with van der Waals surface area (Å²) in [5, 5.41) is 7.66. The van der Waals surface area contributed by atoms with E-state index in [-0.39, 0.29) is 5.41 Å². The molecular formula is C52H36. The van der Waals surface area contributed by atoms with Gasteiger partial charge in [0.15, 0.2) is 0 Å². The molecule has 11 rings (SSSR count). The van der Waals surface area contributed by atoms with Gasteiger partial charge in [0.2, 0.25) is 0 Å². The van der Waals surface area contributed by atoms with E-state index in [9.17, 15) is 0 Å². The summed E-state index contributed by atoms with van der Waals surface area (Å²) in [5.41, 5.74) is 19.0. The number of rotatable bonds is 3. The summed E-state index contributed by atoms with van der Waals surface area (Å²) in [6, 6.07) is 63.6. The summed E-state index contributed by atoms with van der Waals surface area (Å²) in [6.45, 7) is 4.84. The molecule has 0 saturated carbocycles. The summed E-state index contributed by atoms with van der Waals surface area (Å²) >= 11 is 0. The Bertz CT molecular complexity index is 2880. The smallest absolute Gasteiger partial charge is 0.0165 e. The van der Waals surface area contributed by atoms with Gasteiger partial charge in [0.1, 0.15) is 0 Å². The molecule has 2 aliphatic rings. The van der Waals surface area contributed by atoms with Crippen molar-refractivity contribution in [1.29, 1.82) is 0 Å². The zero-order valence-electron chi connectivity index (χ0n) is 29.4. The average molecular weight is 661 g/mol. The second-order valence-corrected chi connectivity index (χ2v) is 15.2. The number of hydrogen-bond donors (Lipinski definition) is 0. The Morgan fingerprint density at radius 1 is 0.365 bits per heavy atom. The molecule has 0 radical (unpaired) electrons. The second-order valence-electron chi connectivity index (χ2n) is 15.2. The van der Waals surface area contributed by atoms with Crippen LogP contribution < -0.4 is 0 Å². The Morgan fingerprint density at radius 3 is 1.65 bits per heavy atom. The Hall–Kier alpha value is -6.24. The molecule has 0 N–H and O–H groups in total. The fourth-order valence-corrected chi connectivity index (χ4v) is 9.63. The van der Waals surface area contributed by atoms with Crippen LogP contribution in [0.15, 0.2) is 170 Å². The molecule has 0 aromatic heterocycles. The summed E-state index contributed by atoms with van der Waals surface area (Å²) < 4.78 is 0. The highest BCUT2D eigenvalue weighted by atomic mass is 14.4. The molecule has 0 unspecified atom stereocenters. The van der Waals surface area contributed by atoms with Crippen molar-refractivity contribution in [3.8, 4) is 55.6 Å². The van der Waals surface area contributed by atoms with Crippen molar-refractivity contribution in [3.05, 3.63) is 192 Å². The van der Waals surface area contributed by atoms with E-state index in [0.29, 0.717) is 0 Å². The van der Waals surface area contributed by atoms with E-state index in [1.165, 1.54) is 110 Å². The van der Waals surface area contributed by atoms with Crippen LogP contribution in [-0.4, -0.2) is 0 Å². The molecular weight excluding hydrogens is 625 g/mol. The Morgan fingerprint density at radius 2 is 0.923 bits per heavy atom. The first-order chi connectivity index (χ1) is 25.5. The van der Waals surface area contributed by atoms with Crippen molar-refractivity contribution in [3.63, 3.8) is 0 Å². The largest absolute Gasteiger partial charge is 0.0619 e. The monoisotopic (exact) mass is 660 g/mol. The van der Waals surface area contributed by atoms with E-state index in [2.05, 4.69) is 184 Å². The molecule has 0 saturated heterocycles. The Kier molecular flexibility index (Phi) is 6.17. The van der Waals surface area contributed by atoms with Crippen LogP contribution in [-0.2, 0) is 11.8 Å². The van der Waals surface area contributed by atoms with Crippen molar-refractivity contribution in [2.24, 2.45) is 0 Å². The Balaban J connectivity index is 1.02. The van der Waals surface area contributed by atoms with Gasteiger partial charge in [-0.3, -0.25) is 0 Å². The normalized spacial score (nSPS) is 13.7. The number of benzene rings is 9. The van der Waals surface area contributed by atoms with Crippen LogP contribution in [0, 0.1) is 0 Å². The number of fused-ring (bicyclic) bond motifs is 10. The van der Waals surface area contributed by atoms with Gasteiger partial charge < -0.3 is 0 Å². The van der Waals surface area contributed by atoms with Gasteiger partial charge in [0, 0.05) is 5.41 Å². The van der Waals surface area contributed by atoms with Crippen LogP contribution in [0.1, 0.15) is 36.1 Å². The van der Waals surface area contributed by atoms with Crippen LogP contribution in [0.5, 0.6) is 0 Å². The van der Waals surface area contributed by atoms with Crippen molar-refractivity contribution in [2.75, 3.05) is 0 Å². The minimum absolute atomic E-state index is 0.0893. The van der Waals surface area contributed by atoms with Crippen LogP contribution in [0.4, 0.5) is 0 Å². The summed E-state index contributed by atoms with van der Waals surface area (Å²) in [7, 11) is 0. The van der Waals surface area contributed by atoms with Gasteiger partial charge in [0.05, 0.1) is 0 Å². The molecule has 0 fully saturated rings. The molecule has 244 valence electrons. The molecule has 0 spiro atoms. The van der Waals surface area contributed by atoms with E-state index in [1.54, 1.807) is 0 Å². The first-order valence-corrected chi connectivity index (χ1v) is 18.5. The molecule has 0 aliphatic heterocycles. The highest BCUT2D eigenvalue weighted by Crippen LogP contribution is 2.56. The van der Waals surface area contributed by atoms with Gasteiger partial charge in [-0.1, -0.05) is 172 Å². The van der Waals surface area contributed by atoms with Crippen LogP contribution in [0.25, 0.3) is 88.0 Å². The lowest BCUT2D eigenvalue weighted by atomic mass is 9.78. The lowest BCUT2D eigenvalue weighted by molar-refractivity contribution is 0.662. The summed E-state index contributed by atoms with van der Waals surface area (Å²) in [6.07, 6.45) is 1.03. The van der Waals surface area contributed by atoms with E-state index in [0.717, 1.165) is 6.42 Å². The van der Waals surface area contributed by atoms with Crippen LogP contribution in [0.2, 0.25) is 0 Å². The van der Waals surface area contributed by atoms with Gasteiger partial charge >= 0.3 is 0 Å². The van der Waals surface area contributed by atoms with E-state index >= 15 is 0 Å². The zero-order valence-corrected chi connectivity index (χ0v) is 29.4. The van der Waals surface area contributed by atoms with E-state index < -0.39 is 0 Å². The maximum atomic E-state index is 2.46. The molecule has 9 aromatic rings. The topological polar surface area (TPSA) is 0 Å². The third kappa shape index (κ3) is 4.16. The van der Waals surface area contributed by atoms with Gasteiger partial charge in [-0.25, -0.2) is 0 Å². The maximum absolute atomic E-state index is 2.46. The molecule has 0 amide bonds. The average Bonchev–Trinajstić information content (AvgIpc) is 3.68. The molecule has 0 heteroatoms. The van der Waals surface area contributed by atoms with E-state index in [1.807, 2.05) is 0 Å². The molecule has 9 aromatic carbocycles. The molecule has 0 heterocycles. The van der Waals surface area contributed by atoms with Crippen molar-refractivity contribution in [1.82, 2.24) is 0 Å². The second kappa shape index (κ2) is 10.9. The van der Waals surface area contributed by atoms with Gasteiger partial charge in [-0.2, -0.15) is 0 Å². The van der Waals surface area contributed by atoms with Crippen LogP contribution in [0.3, 0.4) is 0 Å². The van der Waals surface area contributed by atoms with Gasteiger partial charge in [-0.05, 0) is 129 Å². The third-order valence-corrected chi connectivity index (χ3v) is 12.0. The lowest BCUT2D eigenvalue weighted by Crippen LogP contribution is -2.16. The van der Waals surface area contributed by atoms with Gasteiger partial charge in [0.25, 0.3) is 0 Å². The quantitative estimate of drug-likeness (QED) is 0.165. The standard InChI is InChI=1S/C52H36/c1-52(2)47-31-36(25-27-41(47)46-28-26-39-30-37-13-5-6-14-40(37)50(39)51(46)52)33-19-22-34(23-20-33)48-42-15-7-9-17-44(42)49(45-18-10-8-16-43(45)48)38-24-21-32-11-3-4-12-35(32)29-38/h3-29,31H,30H2,1-2H3. The fourth-order valence-electron chi connectivity index (χ4n) is 9.63. The molecule has 52 heavy (non-hydrogen) atoms. The Labute approximate surface area is 304 Å². The highest BCUT2D eigenvalue weighted by Gasteiger charge is 2.40. The fraction of sp³-hybridized carbons (Fsp3) is 0.0769. The predicted octanol–water partition coefficient (Wildman–Crippen LogP) is 14.0. The van der Waals surface area contributed by atoms with Crippen molar-refractivity contribution in [2.45, 2.75) is 25.7 Å². The third-order valence-electron chi connectivity index (χ3n) is 12.0. The van der Waals surface area contributed by atoms with Crippen molar-refractivity contribution >= 4 is 32.3 Å². The molecule has 0 nitrogen and oxygen atoms in total. The van der Waals surface area contributed by atoms with Crippen molar-refractivity contribution < 1.29 is 0 Å². The SMILES string of the molecule is CC1(C)c2cc(-c3ccc(-c4c5ccccc5c(-c5ccc6ccccc6c5)c5ccccc45)cc3)ccc2-c2ccc3c(c21)-c1ccccc1C3. The lowest BCUT2D eigenvalue weighted by Gasteiger charge is -2.25. The maximum Gasteiger partial charge on any atom is 0.0165 e. The molecule has 0 atom stereocenters. The first kappa shape index (κ1) is 29.5. The number of hydrogen-bond acceptors (Lipinski definition) is 0. The predicted molar refractivity (Wildman–Crippen MR) is 221 cm³/mol. The molecule has 0 bridgehead atoms. The molecule has 2 aliphatic carbocycles.